The van der Waals surface area contributed by atoms with Crippen LogP contribution in [0.25, 0.3) is 0 Å². The van der Waals surface area contributed by atoms with Crippen molar-refractivity contribution in [2.45, 2.75) is 46.8 Å². The number of esters is 1. The third-order valence-electron chi connectivity index (χ3n) is 5.78. The highest BCUT2D eigenvalue weighted by Gasteiger charge is 2.31. The largest absolute Gasteiger partial charge is 0.469 e. The highest BCUT2D eigenvalue weighted by molar-refractivity contribution is 7.14. The van der Waals surface area contributed by atoms with Gasteiger partial charge in [0.15, 0.2) is 5.78 Å². The molecule has 0 bridgehead atoms. The molecule has 0 aliphatic rings. The van der Waals surface area contributed by atoms with Crippen LogP contribution in [0.4, 0.5) is 4.39 Å². The lowest BCUT2D eigenvalue weighted by Crippen LogP contribution is -2.21. The molecule has 0 spiro atoms. The minimum Gasteiger partial charge on any atom is -0.469 e. The standard InChI is InChI=1S/C27H29FO4S/c1-16-6-9-20(10-7-16)14-32-15-22-12-21(11-8-17(22)2)25(18(3)27(30)31-5)24-13-23(28)26(33-24)19(4)29/h6-13,18,25H,14-15H2,1-5H3. The first-order valence-electron chi connectivity index (χ1n) is 10.8. The Hall–Kier alpha value is -2.83. The SMILES string of the molecule is COC(=O)C(C)C(c1ccc(C)c(COCc2ccc(C)cc2)c1)c1cc(F)c(C(C)=O)s1. The van der Waals surface area contributed by atoms with Crippen LogP contribution in [0.2, 0.25) is 0 Å². The van der Waals surface area contributed by atoms with Gasteiger partial charge in [-0.2, -0.15) is 0 Å². The fraction of sp³-hybridized carbons (Fsp3) is 0.333. The Kier molecular flexibility index (Phi) is 8.16. The van der Waals surface area contributed by atoms with Gasteiger partial charge in [0.25, 0.3) is 0 Å². The van der Waals surface area contributed by atoms with Gasteiger partial charge in [-0.1, -0.05) is 55.0 Å². The van der Waals surface area contributed by atoms with Crippen molar-refractivity contribution in [1.29, 1.82) is 0 Å². The van der Waals surface area contributed by atoms with Gasteiger partial charge in [-0.3, -0.25) is 9.59 Å². The summed E-state index contributed by atoms with van der Waals surface area (Å²) in [5.41, 5.74) is 5.20. The topological polar surface area (TPSA) is 52.6 Å². The molecule has 2 unspecified atom stereocenters. The molecule has 0 fully saturated rings. The normalized spacial score (nSPS) is 12.9. The van der Waals surface area contributed by atoms with E-state index >= 15 is 0 Å². The Balaban J connectivity index is 1.90. The number of benzene rings is 2. The van der Waals surface area contributed by atoms with Crippen molar-refractivity contribution in [3.05, 3.63) is 91.9 Å². The molecular formula is C27H29FO4S. The number of Topliss-reactive ketones (excluding diaryl/α,β-unsaturated/α-hetero) is 1. The van der Waals surface area contributed by atoms with E-state index in [0.29, 0.717) is 18.1 Å². The number of halogens is 1. The van der Waals surface area contributed by atoms with E-state index in [1.807, 2.05) is 44.2 Å². The quantitative estimate of drug-likeness (QED) is 0.271. The Morgan fingerprint density at radius 1 is 1.03 bits per heavy atom. The van der Waals surface area contributed by atoms with Gasteiger partial charge >= 0.3 is 5.97 Å². The molecule has 0 aliphatic heterocycles. The molecule has 1 aromatic heterocycles. The van der Waals surface area contributed by atoms with Crippen LogP contribution in [0.1, 0.15) is 62.1 Å². The molecule has 1 heterocycles. The highest BCUT2D eigenvalue weighted by atomic mass is 32.1. The zero-order valence-electron chi connectivity index (χ0n) is 19.6. The van der Waals surface area contributed by atoms with E-state index in [-0.39, 0.29) is 10.7 Å². The van der Waals surface area contributed by atoms with Gasteiger partial charge in [-0.05, 0) is 42.2 Å². The molecule has 0 aliphatic carbocycles. The summed E-state index contributed by atoms with van der Waals surface area (Å²) in [5.74, 6) is -2.28. The Morgan fingerprint density at radius 2 is 1.73 bits per heavy atom. The van der Waals surface area contributed by atoms with Gasteiger partial charge in [0.1, 0.15) is 10.7 Å². The summed E-state index contributed by atoms with van der Waals surface area (Å²) in [4.78, 5) is 24.9. The Morgan fingerprint density at radius 3 is 2.33 bits per heavy atom. The molecule has 0 amide bonds. The molecule has 2 atom stereocenters. The zero-order chi connectivity index (χ0) is 24.1. The second-order valence-corrected chi connectivity index (χ2v) is 9.42. The molecule has 0 N–H and O–H groups in total. The van der Waals surface area contributed by atoms with E-state index < -0.39 is 23.6 Å². The molecule has 174 valence electrons. The molecule has 0 radical (unpaired) electrons. The molecule has 0 saturated heterocycles. The fourth-order valence-electron chi connectivity index (χ4n) is 3.80. The van der Waals surface area contributed by atoms with Gasteiger partial charge in [0.2, 0.25) is 0 Å². The predicted octanol–water partition coefficient (Wildman–Crippen LogP) is 6.36. The third kappa shape index (κ3) is 5.95. The van der Waals surface area contributed by atoms with Gasteiger partial charge < -0.3 is 9.47 Å². The van der Waals surface area contributed by atoms with Crippen LogP contribution in [0.3, 0.4) is 0 Å². The Labute approximate surface area is 198 Å². The number of rotatable bonds is 9. The summed E-state index contributed by atoms with van der Waals surface area (Å²) in [7, 11) is 1.34. The molecular weight excluding hydrogens is 439 g/mol. The number of carbonyl (C=O) groups excluding carboxylic acids is 2. The summed E-state index contributed by atoms with van der Waals surface area (Å²) < 4.78 is 25.4. The van der Waals surface area contributed by atoms with E-state index in [4.69, 9.17) is 9.47 Å². The monoisotopic (exact) mass is 468 g/mol. The number of carbonyl (C=O) groups is 2. The number of thiophene rings is 1. The fourth-order valence-corrected chi connectivity index (χ4v) is 4.97. The summed E-state index contributed by atoms with van der Waals surface area (Å²) in [6, 6.07) is 15.5. The number of aryl methyl sites for hydroxylation is 2. The second kappa shape index (κ2) is 10.9. The molecule has 3 aromatic rings. The number of methoxy groups -OCH3 is 1. The first-order valence-corrected chi connectivity index (χ1v) is 11.6. The number of ether oxygens (including phenoxy) is 2. The lowest BCUT2D eigenvalue weighted by Gasteiger charge is -2.23. The Bertz CT molecular complexity index is 1130. The molecule has 0 saturated carbocycles. The van der Waals surface area contributed by atoms with Crippen LogP contribution in [-0.2, 0) is 27.5 Å². The van der Waals surface area contributed by atoms with Crippen LogP contribution in [-0.4, -0.2) is 18.9 Å². The zero-order valence-corrected chi connectivity index (χ0v) is 20.4. The second-order valence-electron chi connectivity index (χ2n) is 8.34. The average molecular weight is 469 g/mol. The minimum absolute atomic E-state index is 0.0702. The van der Waals surface area contributed by atoms with Gasteiger partial charge in [0, 0.05) is 17.7 Å². The van der Waals surface area contributed by atoms with Gasteiger partial charge in [0.05, 0.1) is 26.2 Å². The van der Waals surface area contributed by atoms with Crippen molar-refractivity contribution in [3.63, 3.8) is 0 Å². The van der Waals surface area contributed by atoms with E-state index in [1.54, 1.807) is 6.92 Å². The van der Waals surface area contributed by atoms with Crippen molar-refractivity contribution in [3.8, 4) is 0 Å². The number of hydrogen-bond acceptors (Lipinski definition) is 5. The van der Waals surface area contributed by atoms with E-state index in [0.717, 1.165) is 33.6 Å². The molecule has 33 heavy (non-hydrogen) atoms. The summed E-state index contributed by atoms with van der Waals surface area (Å²) in [5, 5.41) is 0. The van der Waals surface area contributed by atoms with Crippen LogP contribution in [0.15, 0.2) is 48.5 Å². The highest BCUT2D eigenvalue weighted by Crippen LogP contribution is 2.39. The van der Waals surface area contributed by atoms with Crippen LogP contribution in [0, 0.1) is 25.6 Å². The van der Waals surface area contributed by atoms with Crippen molar-refractivity contribution < 1.29 is 23.5 Å². The van der Waals surface area contributed by atoms with Crippen LogP contribution >= 0.6 is 11.3 Å². The summed E-state index contributed by atoms with van der Waals surface area (Å²) >= 11 is 1.09. The maximum absolute atomic E-state index is 14.4. The molecule has 3 rings (SSSR count). The van der Waals surface area contributed by atoms with E-state index in [1.165, 1.54) is 25.7 Å². The van der Waals surface area contributed by atoms with Crippen molar-refractivity contribution in [2.75, 3.05) is 7.11 Å². The predicted molar refractivity (Wildman–Crippen MR) is 128 cm³/mol. The smallest absolute Gasteiger partial charge is 0.309 e. The lowest BCUT2D eigenvalue weighted by molar-refractivity contribution is -0.145. The van der Waals surface area contributed by atoms with Gasteiger partial charge in [-0.25, -0.2) is 4.39 Å². The summed E-state index contributed by atoms with van der Waals surface area (Å²) in [6.45, 7) is 8.05. The maximum atomic E-state index is 14.4. The van der Waals surface area contributed by atoms with Gasteiger partial charge in [-0.15, -0.1) is 11.3 Å². The van der Waals surface area contributed by atoms with Crippen LogP contribution in [0.5, 0.6) is 0 Å². The number of hydrogen-bond donors (Lipinski definition) is 0. The van der Waals surface area contributed by atoms with E-state index in [9.17, 15) is 14.0 Å². The minimum atomic E-state index is -0.558. The van der Waals surface area contributed by atoms with E-state index in [2.05, 4.69) is 12.1 Å². The molecule has 6 heteroatoms. The molecule has 2 aromatic carbocycles. The van der Waals surface area contributed by atoms with Crippen LogP contribution < -0.4 is 0 Å². The maximum Gasteiger partial charge on any atom is 0.309 e. The first kappa shape index (κ1) is 24.8. The number of ketones is 1. The lowest BCUT2D eigenvalue weighted by atomic mass is 9.84. The molecule has 4 nitrogen and oxygen atoms in total. The average Bonchev–Trinajstić information content (AvgIpc) is 3.17. The summed E-state index contributed by atoms with van der Waals surface area (Å²) in [6.07, 6.45) is 0. The van der Waals surface area contributed by atoms with Crippen molar-refractivity contribution in [2.24, 2.45) is 5.92 Å². The van der Waals surface area contributed by atoms with Crippen molar-refractivity contribution >= 4 is 23.1 Å². The first-order chi connectivity index (χ1) is 15.7. The third-order valence-corrected chi connectivity index (χ3v) is 7.08. The van der Waals surface area contributed by atoms with Crippen molar-refractivity contribution in [1.82, 2.24) is 0 Å².